The predicted molar refractivity (Wildman–Crippen MR) is 110 cm³/mol. The summed E-state index contributed by atoms with van der Waals surface area (Å²) in [5.74, 6) is 1.61. The fourth-order valence-corrected chi connectivity index (χ4v) is 5.07. The highest BCUT2D eigenvalue weighted by Crippen LogP contribution is 2.44. The maximum Gasteiger partial charge on any atom is 0.127 e. The molecule has 27 heavy (non-hydrogen) atoms. The number of hydrogen-bond donors (Lipinski definition) is 0. The van der Waals surface area contributed by atoms with Gasteiger partial charge in [0, 0.05) is 44.0 Å². The first-order chi connectivity index (χ1) is 13.2. The lowest BCUT2D eigenvalue weighted by Crippen LogP contribution is -2.50. The second kappa shape index (κ2) is 8.07. The molecule has 1 aromatic carbocycles. The maximum atomic E-state index is 4.46. The molecule has 2 fully saturated rings. The molecule has 4 nitrogen and oxygen atoms in total. The van der Waals surface area contributed by atoms with E-state index in [4.69, 9.17) is 0 Å². The molecule has 1 unspecified atom stereocenters. The van der Waals surface area contributed by atoms with E-state index in [1.807, 2.05) is 12.4 Å². The first-order valence-corrected chi connectivity index (χ1v) is 10.4. The van der Waals surface area contributed by atoms with Crippen molar-refractivity contribution in [2.24, 2.45) is 5.41 Å². The molecule has 0 saturated carbocycles. The number of aromatic nitrogens is 2. The van der Waals surface area contributed by atoms with Crippen molar-refractivity contribution < 1.29 is 0 Å². The van der Waals surface area contributed by atoms with Crippen molar-refractivity contribution in [3.8, 4) is 0 Å². The van der Waals surface area contributed by atoms with E-state index in [9.17, 15) is 0 Å². The third-order valence-corrected chi connectivity index (χ3v) is 6.49. The van der Waals surface area contributed by atoms with E-state index < -0.39 is 0 Å². The average Bonchev–Trinajstić information content (AvgIpc) is 2.71. The second-order valence-corrected chi connectivity index (χ2v) is 8.65. The van der Waals surface area contributed by atoms with Crippen molar-refractivity contribution in [2.45, 2.75) is 45.1 Å². The van der Waals surface area contributed by atoms with Crippen molar-refractivity contribution in [1.29, 1.82) is 0 Å². The summed E-state index contributed by atoms with van der Waals surface area (Å²) in [5, 5.41) is 0. The van der Waals surface area contributed by atoms with Gasteiger partial charge in [-0.25, -0.2) is 9.97 Å². The van der Waals surface area contributed by atoms with Crippen LogP contribution in [0.1, 0.15) is 49.1 Å². The van der Waals surface area contributed by atoms with E-state index in [2.05, 4.69) is 64.1 Å². The number of aryl methyl sites for hydroxylation is 1. The van der Waals surface area contributed by atoms with Crippen molar-refractivity contribution in [3.63, 3.8) is 0 Å². The zero-order chi connectivity index (χ0) is 18.7. The number of likely N-dealkylation sites (N-methyl/N-ethyl adjacent to an activating group) is 1. The monoisotopic (exact) mass is 364 g/mol. The molecule has 1 aromatic heterocycles. The fraction of sp³-hybridized carbons (Fsp3) is 0.565. The van der Waals surface area contributed by atoms with Crippen LogP contribution in [-0.2, 0) is 13.0 Å². The Morgan fingerprint density at radius 1 is 1.07 bits per heavy atom. The van der Waals surface area contributed by atoms with E-state index in [-0.39, 0.29) is 0 Å². The van der Waals surface area contributed by atoms with Crippen LogP contribution in [0.2, 0.25) is 0 Å². The van der Waals surface area contributed by atoms with Crippen molar-refractivity contribution in [1.82, 2.24) is 19.8 Å². The van der Waals surface area contributed by atoms with Crippen LogP contribution in [0.25, 0.3) is 0 Å². The van der Waals surface area contributed by atoms with Gasteiger partial charge in [-0.1, -0.05) is 37.3 Å². The molecule has 4 heteroatoms. The van der Waals surface area contributed by atoms with Gasteiger partial charge in [-0.3, -0.25) is 4.90 Å². The van der Waals surface area contributed by atoms with Gasteiger partial charge in [0.1, 0.15) is 5.82 Å². The molecule has 0 bridgehead atoms. The first-order valence-electron chi connectivity index (χ1n) is 10.4. The Labute approximate surface area is 163 Å². The first kappa shape index (κ1) is 18.6. The summed E-state index contributed by atoms with van der Waals surface area (Å²) >= 11 is 0. The minimum atomic E-state index is 0.479. The summed E-state index contributed by atoms with van der Waals surface area (Å²) in [6.07, 6.45) is 8.86. The Hall–Kier alpha value is -1.78. The highest BCUT2D eigenvalue weighted by Gasteiger charge is 2.41. The standard InChI is InChI=1S/C23H32N4/c1-3-22-24-14-19(15-25-22)16-27-11-9-23(10-12-27)13-21(17-26(2)18-23)20-7-5-4-6-8-20/h4-8,14-15,21H,3,9-13,16-18H2,1-2H3. The van der Waals surface area contributed by atoms with Crippen LogP contribution in [0.5, 0.6) is 0 Å². The number of rotatable bonds is 4. The summed E-state index contributed by atoms with van der Waals surface area (Å²) < 4.78 is 0. The predicted octanol–water partition coefficient (Wildman–Crippen LogP) is 3.74. The van der Waals surface area contributed by atoms with Crippen LogP contribution in [0.3, 0.4) is 0 Å². The van der Waals surface area contributed by atoms with Gasteiger partial charge in [0.25, 0.3) is 0 Å². The molecule has 3 heterocycles. The zero-order valence-electron chi connectivity index (χ0n) is 16.8. The Balaban J connectivity index is 1.38. The van der Waals surface area contributed by atoms with E-state index in [1.54, 1.807) is 0 Å². The fourth-order valence-electron chi connectivity index (χ4n) is 5.07. The van der Waals surface area contributed by atoms with Gasteiger partial charge < -0.3 is 4.90 Å². The summed E-state index contributed by atoms with van der Waals surface area (Å²) in [6.45, 7) is 7.89. The smallest absolute Gasteiger partial charge is 0.127 e. The van der Waals surface area contributed by atoms with Gasteiger partial charge in [-0.05, 0) is 56.3 Å². The van der Waals surface area contributed by atoms with Crippen molar-refractivity contribution in [3.05, 3.63) is 59.7 Å². The van der Waals surface area contributed by atoms with Gasteiger partial charge >= 0.3 is 0 Å². The summed E-state index contributed by atoms with van der Waals surface area (Å²) in [4.78, 5) is 14.1. The van der Waals surface area contributed by atoms with Gasteiger partial charge in [0.2, 0.25) is 0 Å². The molecule has 0 radical (unpaired) electrons. The van der Waals surface area contributed by atoms with Crippen LogP contribution >= 0.6 is 0 Å². The minimum Gasteiger partial charge on any atom is -0.305 e. The lowest BCUT2D eigenvalue weighted by Gasteiger charge is -2.49. The normalized spacial score (nSPS) is 23.6. The summed E-state index contributed by atoms with van der Waals surface area (Å²) in [7, 11) is 2.30. The highest BCUT2D eigenvalue weighted by molar-refractivity contribution is 5.21. The summed E-state index contributed by atoms with van der Waals surface area (Å²) in [6, 6.07) is 11.1. The van der Waals surface area contributed by atoms with Crippen LogP contribution in [0.15, 0.2) is 42.7 Å². The van der Waals surface area contributed by atoms with E-state index in [0.29, 0.717) is 11.3 Å². The van der Waals surface area contributed by atoms with Crippen LogP contribution in [0.4, 0.5) is 0 Å². The number of likely N-dealkylation sites (tertiary alicyclic amines) is 2. The summed E-state index contributed by atoms with van der Waals surface area (Å²) in [5.41, 5.74) is 3.23. The number of piperidine rings is 2. The van der Waals surface area contributed by atoms with E-state index in [1.165, 1.54) is 56.6 Å². The largest absolute Gasteiger partial charge is 0.305 e. The molecule has 0 aliphatic carbocycles. The molecule has 1 atom stereocenters. The Bertz CT molecular complexity index is 720. The van der Waals surface area contributed by atoms with Gasteiger partial charge in [-0.15, -0.1) is 0 Å². The average molecular weight is 365 g/mol. The van der Waals surface area contributed by atoms with Gasteiger partial charge in [0.05, 0.1) is 0 Å². The topological polar surface area (TPSA) is 32.3 Å². The third-order valence-electron chi connectivity index (χ3n) is 6.49. The molecule has 2 aromatic rings. The Kier molecular flexibility index (Phi) is 5.55. The minimum absolute atomic E-state index is 0.479. The van der Waals surface area contributed by atoms with E-state index >= 15 is 0 Å². The number of nitrogens with zero attached hydrogens (tertiary/aromatic N) is 4. The van der Waals surface area contributed by atoms with Crippen molar-refractivity contribution in [2.75, 3.05) is 33.2 Å². The molecule has 0 amide bonds. The highest BCUT2D eigenvalue weighted by atomic mass is 15.2. The lowest BCUT2D eigenvalue weighted by molar-refractivity contribution is 0.0218. The van der Waals surface area contributed by atoms with Gasteiger partial charge in [0.15, 0.2) is 0 Å². The van der Waals surface area contributed by atoms with Crippen LogP contribution in [-0.4, -0.2) is 53.0 Å². The Morgan fingerprint density at radius 2 is 1.78 bits per heavy atom. The van der Waals surface area contributed by atoms with Crippen LogP contribution < -0.4 is 0 Å². The zero-order valence-corrected chi connectivity index (χ0v) is 16.8. The number of benzene rings is 1. The van der Waals surface area contributed by atoms with Gasteiger partial charge in [-0.2, -0.15) is 0 Å². The molecule has 2 aliphatic heterocycles. The molecule has 2 aliphatic rings. The molecule has 1 spiro atoms. The molecular formula is C23H32N4. The molecule has 2 saturated heterocycles. The third kappa shape index (κ3) is 4.39. The quantitative estimate of drug-likeness (QED) is 0.827. The molecular weight excluding hydrogens is 332 g/mol. The Morgan fingerprint density at radius 3 is 2.44 bits per heavy atom. The van der Waals surface area contributed by atoms with E-state index in [0.717, 1.165) is 18.8 Å². The molecule has 4 rings (SSSR count). The maximum absolute atomic E-state index is 4.46. The molecule has 0 N–H and O–H groups in total. The van der Waals surface area contributed by atoms with Crippen molar-refractivity contribution >= 4 is 0 Å². The molecule has 144 valence electrons. The second-order valence-electron chi connectivity index (χ2n) is 8.65. The lowest BCUT2D eigenvalue weighted by atomic mass is 9.68. The van der Waals surface area contributed by atoms with Crippen LogP contribution in [0, 0.1) is 5.41 Å². The SMILES string of the molecule is CCc1ncc(CN2CCC3(CC2)CC(c2ccccc2)CN(C)C3)cn1. The number of hydrogen-bond acceptors (Lipinski definition) is 4.